The molecule has 0 radical (unpaired) electrons. The van der Waals surface area contributed by atoms with Crippen LogP contribution in [0.2, 0.25) is 0 Å². The zero-order valence-electron chi connectivity index (χ0n) is 17.7. The number of carbonyl (C=O) groups is 1. The maximum Gasteiger partial charge on any atom is 0.459 e. The minimum absolute atomic E-state index is 0.0923. The molecule has 1 aromatic heterocycles. The first-order valence-corrected chi connectivity index (χ1v) is 11.4. The van der Waals surface area contributed by atoms with Crippen LogP contribution in [-0.4, -0.2) is 61.8 Å². The molecule has 6 atom stereocenters. The molecule has 2 aromatic rings. The van der Waals surface area contributed by atoms with Crippen molar-refractivity contribution in [1.29, 1.82) is 5.26 Å². The highest BCUT2D eigenvalue weighted by atomic mass is 31.2. The van der Waals surface area contributed by atoms with Gasteiger partial charge in [0.05, 0.1) is 6.61 Å². The Hall–Kier alpha value is -3.31. The van der Waals surface area contributed by atoms with Crippen molar-refractivity contribution in [2.24, 2.45) is 0 Å². The quantitative estimate of drug-likeness (QED) is 0.274. The first kappa shape index (κ1) is 25.3. The first-order chi connectivity index (χ1) is 16.0. The number of benzene rings is 1. The molecule has 2 heterocycles. The van der Waals surface area contributed by atoms with Crippen molar-refractivity contribution in [2.45, 2.75) is 37.0 Å². The van der Waals surface area contributed by atoms with Crippen LogP contribution in [0, 0.1) is 11.3 Å². The molecule has 34 heavy (non-hydrogen) atoms. The molecule has 1 aromatic carbocycles. The predicted molar refractivity (Wildman–Crippen MR) is 114 cm³/mol. The number of ether oxygens (including phenoxy) is 1. The molecule has 182 valence electrons. The van der Waals surface area contributed by atoms with Crippen LogP contribution < -0.4 is 21.0 Å². The summed E-state index contributed by atoms with van der Waals surface area (Å²) in [5, 5.41) is 42.1. The topological polar surface area (TPSA) is 219 Å². The van der Waals surface area contributed by atoms with E-state index in [1.54, 1.807) is 24.3 Å². The Labute approximate surface area is 192 Å². The van der Waals surface area contributed by atoms with E-state index >= 15 is 0 Å². The number of carboxylic acids is 1. The summed E-state index contributed by atoms with van der Waals surface area (Å²) in [5.41, 5.74) is 2.03. The van der Waals surface area contributed by atoms with Gasteiger partial charge in [0, 0.05) is 6.20 Å². The van der Waals surface area contributed by atoms with E-state index in [2.05, 4.69) is 10.1 Å². The average Bonchev–Trinajstić information content (AvgIpc) is 3.03. The molecular weight excluding hydrogens is 473 g/mol. The third-order valence-corrected chi connectivity index (χ3v) is 6.52. The minimum atomic E-state index is -4.37. The van der Waals surface area contributed by atoms with Crippen LogP contribution in [0.15, 0.2) is 47.4 Å². The van der Waals surface area contributed by atoms with E-state index in [0.717, 1.165) is 6.20 Å². The Morgan fingerprint density at radius 1 is 1.41 bits per heavy atom. The number of nitrogen functional groups attached to an aromatic ring is 1. The Morgan fingerprint density at radius 2 is 2.09 bits per heavy atom. The number of aromatic nitrogens is 2. The van der Waals surface area contributed by atoms with E-state index in [9.17, 15) is 29.6 Å². The highest BCUT2D eigenvalue weighted by Gasteiger charge is 2.57. The Balaban J connectivity index is 1.85. The van der Waals surface area contributed by atoms with E-state index in [1.165, 1.54) is 25.1 Å². The van der Waals surface area contributed by atoms with Gasteiger partial charge in [-0.05, 0) is 25.1 Å². The number of aliphatic hydroxyl groups excluding tert-OH is 2. The lowest BCUT2D eigenvalue weighted by atomic mass is 10.0. The lowest BCUT2D eigenvalue weighted by molar-refractivity contribution is -0.138. The van der Waals surface area contributed by atoms with Crippen molar-refractivity contribution in [3.63, 3.8) is 0 Å². The summed E-state index contributed by atoms with van der Waals surface area (Å²) in [4.78, 5) is 27.0. The van der Waals surface area contributed by atoms with Crippen LogP contribution in [0.4, 0.5) is 5.82 Å². The standard InChI is InChI=1S/C19H22N5O9P/c1-11(17(27)28)23-34(30,33-12-5-3-2-4-6-12)31-9-13-15(25)16(26)19(10-20,32-13)24-8-7-14(21)22-18(24)29/h2-8,11,13,15-16,25-26H,9H2,1H3,(H,23,30)(H,27,28)(H2,21,22,29)/t11?,13-,15-,16-,19-,34+/m1/s1. The number of carboxylic acid groups (broad SMARTS) is 1. The summed E-state index contributed by atoms with van der Waals surface area (Å²) >= 11 is 0. The number of nitriles is 1. The summed E-state index contributed by atoms with van der Waals surface area (Å²) in [6.45, 7) is 0.487. The van der Waals surface area contributed by atoms with Gasteiger partial charge >= 0.3 is 19.4 Å². The third-order valence-electron chi connectivity index (χ3n) is 4.88. The van der Waals surface area contributed by atoms with Crippen LogP contribution in [0.25, 0.3) is 0 Å². The lowest BCUT2D eigenvalue weighted by Gasteiger charge is -2.26. The van der Waals surface area contributed by atoms with Crippen LogP contribution in [0.3, 0.4) is 0 Å². The number of aliphatic hydroxyl groups is 2. The van der Waals surface area contributed by atoms with Gasteiger partial charge in [-0.25, -0.2) is 9.36 Å². The number of nitrogens with zero attached hydrogens (tertiary/aromatic N) is 3. The second kappa shape index (κ2) is 9.90. The predicted octanol–water partition coefficient (Wildman–Crippen LogP) is -0.611. The Bertz CT molecular complexity index is 1190. The SMILES string of the molecule is CC(N[P@](=O)(OC[C@H]1O[C@@](C#N)(n2ccc(N)nc2=O)[C@H](O)[C@@H]1O)Oc1ccccc1)C(=O)O. The van der Waals surface area contributed by atoms with Gasteiger partial charge in [0.15, 0.2) is 0 Å². The molecule has 0 aliphatic carbocycles. The molecule has 1 aliphatic heterocycles. The van der Waals surface area contributed by atoms with Crippen molar-refractivity contribution < 1.29 is 38.5 Å². The van der Waals surface area contributed by atoms with Crippen molar-refractivity contribution in [3.8, 4) is 11.8 Å². The Kier molecular flexibility index (Phi) is 7.37. The van der Waals surface area contributed by atoms with Crippen molar-refractivity contribution in [1.82, 2.24) is 14.6 Å². The van der Waals surface area contributed by atoms with Crippen LogP contribution in [0.1, 0.15) is 6.92 Å². The molecule has 1 unspecified atom stereocenters. The highest BCUT2D eigenvalue weighted by Crippen LogP contribution is 2.46. The summed E-state index contributed by atoms with van der Waals surface area (Å²) in [6, 6.07) is 9.23. The molecule has 3 rings (SSSR count). The van der Waals surface area contributed by atoms with Gasteiger partial charge in [0.2, 0.25) is 0 Å². The van der Waals surface area contributed by atoms with Gasteiger partial charge in [-0.3, -0.25) is 13.9 Å². The number of nitrogens with two attached hydrogens (primary N) is 1. The first-order valence-electron chi connectivity index (χ1n) is 9.82. The largest absolute Gasteiger partial charge is 0.480 e. The number of hydrogen-bond donors (Lipinski definition) is 5. The smallest absolute Gasteiger partial charge is 0.459 e. The molecule has 1 saturated heterocycles. The molecule has 14 nitrogen and oxygen atoms in total. The fourth-order valence-electron chi connectivity index (χ4n) is 3.13. The summed E-state index contributed by atoms with van der Waals surface area (Å²) in [6.07, 6.45) is -4.12. The van der Waals surface area contributed by atoms with E-state index in [4.69, 9.17) is 24.6 Å². The molecule has 15 heteroatoms. The van der Waals surface area contributed by atoms with Gasteiger partial charge in [-0.2, -0.15) is 15.3 Å². The van der Waals surface area contributed by atoms with E-state index in [1.807, 2.05) is 0 Å². The van der Waals surface area contributed by atoms with Crippen LogP contribution in [-0.2, 0) is 24.3 Å². The Morgan fingerprint density at radius 3 is 2.68 bits per heavy atom. The molecule has 0 saturated carbocycles. The molecule has 1 fully saturated rings. The average molecular weight is 495 g/mol. The molecule has 0 bridgehead atoms. The second-order valence-electron chi connectivity index (χ2n) is 7.29. The van der Waals surface area contributed by atoms with Gasteiger partial charge in [-0.15, -0.1) is 0 Å². The highest BCUT2D eigenvalue weighted by molar-refractivity contribution is 7.52. The van der Waals surface area contributed by atoms with Crippen molar-refractivity contribution in [3.05, 3.63) is 53.1 Å². The zero-order chi connectivity index (χ0) is 25.1. The van der Waals surface area contributed by atoms with Gasteiger partial charge < -0.3 is 30.3 Å². The lowest BCUT2D eigenvalue weighted by Crippen LogP contribution is -2.49. The van der Waals surface area contributed by atoms with E-state index in [-0.39, 0.29) is 11.6 Å². The normalized spacial score (nSPS) is 26.8. The molecule has 0 amide bonds. The van der Waals surface area contributed by atoms with Crippen molar-refractivity contribution >= 4 is 19.5 Å². The van der Waals surface area contributed by atoms with E-state index < -0.39 is 56.1 Å². The molecular formula is C19H22N5O9P. The zero-order valence-corrected chi connectivity index (χ0v) is 18.6. The molecule has 1 aliphatic rings. The van der Waals surface area contributed by atoms with Gasteiger partial charge in [0.1, 0.15) is 42.0 Å². The maximum atomic E-state index is 13.3. The fourth-order valence-corrected chi connectivity index (χ4v) is 4.63. The summed E-state index contributed by atoms with van der Waals surface area (Å²) in [7, 11) is -4.37. The number of hydrogen-bond acceptors (Lipinski definition) is 11. The van der Waals surface area contributed by atoms with Gasteiger partial charge in [0.25, 0.3) is 5.72 Å². The number of nitrogens with one attached hydrogen (secondary N) is 1. The van der Waals surface area contributed by atoms with Crippen molar-refractivity contribution in [2.75, 3.05) is 12.3 Å². The van der Waals surface area contributed by atoms with Gasteiger partial charge in [-0.1, -0.05) is 18.2 Å². The summed E-state index contributed by atoms with van der Waals surface area (Å²) in [5.74, 6) is -1.39. The minimum Gasteiger partial charge on any atom is -0.480 e. The summed E-state index contributed by atoms with van der Waals surface area (Å²) < 4.78 is 30.1. The second-order valence-corrected chi connectivity index (χ2v) is 8.99. The third kappa shape index (κ3) is 5.10. The maximum absolute atomic E-state index is 13.3. The monoisotopic (exact) mass is 495 g/mol. The van der Waals surface area contributed by atoms with E-state index in [0.29, 0.717) is 4.57 Å². The molecule has 6 N–H and O–H groups in total. The molecule has 0 spiro atoms. The number of aliphatic carboxylic acids is 1. The number of anilines is 1. The fraction of sp³-hybridized carbons (Fsp3) is 0.368. The number of rotatable bonds is 9. The van der Waals surface area contributed by atoms with Crippen LogP contribution >= 0.6 is 7.75 Å². The number of para-hydroxylation sites is 1. The van der Waals surface area contributed by atoms with Crippen LogP contribution in [0.5, 0.6) is 5.75 Å².